The van der Waals surface area contributed by atoms with E-state index in [0.717, 1.165) is 35.7 Å². The number of hydrogen-bond donors (Lipinski definition) is 1. The molecule has 1 atom stereocenters. The first-order valence-corrected chi connectivity index (χ1v) is 6.08. The number of carbonyl (C=O) groups excluding carboxylic acids is 1. The lowest BCUT2D eigenvalue weighted by atomic mass is 10.2. The molecular weight excluding hydrogens is 250 g/mol. The van der Waals surface area contributed by atoms with E-state index in [1.54, 1.807) is 0 Å². The Balaban J connectivity index is 2.76. The first-order chi connectivity index (χ1) is 8.93. The van der Waals surface area contributed by atoms with Crippen LogP contribution in [0.5, 0.6) is 0 Å². The molecule has 0 saturated carbocycles. The molecule has 0 aliphatic rings. The Kier molecular flexibility index (Phi) is 5.23. The minimum Gasteiger partial charge on any atom is -0.352 e. The summed E-state index contributed by atoms with van der Waals surface area (Å²) < 4.78 is 1.03. The number of nitro groups is 1. The van der Waals surface area contributed by atoms with Crippen molar-refractivity contribution in [3.05, 3.63) is 38.8 Å². The average molecular weight is 267 g/mol. The van der Waals surface area contributed by atoms with Crippen molar-refractivity contribution in [3.63, 3.8) is 0 Å². The van der Waals surface area contributed by atoms with Gasteiger partial charge in [-0.15, -0.1) is 0 Å². The van der Waals surface area contributed by atoms with Gasteiger partial charge in [0, 0.05) is 18.2 Å². The van der Waals surface area contributed by atoms with E-state index in [-0.39, 0.29) is 24.2 Å². The summed E-state index contributed by atoms with van der Waals surface area (Å²) in [4.78, 5) is 33.2. The number of aromatic nitrogens is 1. The van der Waals surface area contributed by atoms with E-state index in [1.807, 2.05) is 13.8 Å². The van der Waals surface area contributed by atoms with Crippen LogP contribution in [0, 0.1) is 10.1 Å². The van der Waals surface area contributed by atoms with Crippen LogP contribution in [0.15, 0.2) is 23.1 Å². The standard InChI is InChI=1S/C12H17N3O4/c1-3-4-9(2)13-11(16)8-14-7-10(15(18)19)5-6-12(14)17/h5-7,9H,3-4,8H2,1-2H3,(H,13,16)/t9-/m1/s1. The molecule has 0 aliphatic carbocycles. The zero-order valence-electron chi connectivity index (χ0n) is 11.0. The first kappa shape index (κ1) is 14.9. The highest BCUT2D eigenvalue weighted by atomic mass is 16.6. The van der Waals surface area contributed by atoms with Gasteiger partial charge in [0.2, 0.25) is 5.91 Å². The van der Waals surface area contributed by atoms with Crippen molar-refractivity contribution in [1.29, 1.82) is 0 Å². The monoisotopic (exact) mass is 267 g/mol. The predicted octanol–water partition coefficient (Wildman–Crippen LogP) is 1.06. The zero-order chi connectivity index (χ0) is 14.4. The number of nitrogens with one attached hydrogen (secondary N) is 1. The largest absolute Gasteiger partial charge is 0.352 e. The molecule has 1 heterocycles. The van der Waals surface area contributed by atoms with E-state index in [0.29, 0.717) is 0 Å². The number of hydrogen-bond acceptors (Lipinski definition) is 4. The van der Waals surface area contributed by atoms with Crippen molar-refractivity contribution in [1.82, 2.24) is 9.88 Å². The molecular formula is C12H17N3O4. The second-order valence-corrected chi connectivity index (χ2v) is 4.37. The molecule has 0 unspecified atom stereocenters. The van der Waals surface area contributed by atoms with Gasteiger partial charge < -0.3 is 5.32 Å². The van der Waals surface area contributed by atoms with E-state index in [4.69, 9.17) is 0 Å². The van der Waals surface area contributed by atoms with E-state index >= 15 is 0 Å². The number of amides is 1. The normalized spacial score (nSPS) is 11.9. The third-order valence-electron chi connectivity index (χ3n) is 2.62. The Hall–Kier alpha value is -2.18. The maximum atomic E-state index is 11.7. The summed E-state index contributed by atoms with van der Waals surface area (Å²) >= 11 is 0. The topological polar surface area (TPSA) is 94.2 Å². The summed E-state index contributed by atoms with van der Waals surface area (Å²) in [5.74, 6) is -0.330. The van der Waals surface area contributed by atoms with Gasteiger partial charge in [-0.1, -0.05) is 13.3 Å². The molecule has 1 amide bonds. The SMILES string of the molecule is CCC[C@@H](C)NC(=O)Cn1cc([N+](=O)[O-])ccc1=O. The van der Waals surface area contributed by atoms with Crippen molar-refractivity contribution in [2.75, 3.05) is 0 Å². The highest BCUT2D eigenvalue weighted by Crippen LogP contribution is 2.06. The fourth-order valence-electron chi connectivity index (χ4n) is 1.73. The number of pyridine rings is 1. The lowest BCUT2D eigenvalue weighted by molar-refractivity contribution is -0.385. The first-order valence-electron chi connectivity index (χ1n) is 6.08. The molecule has 1 N–H and O–H groups in total. The summed E-state index contributed by atoms with van der Waals surface area (Å²) in [6.45, 7) is 3.67. The van der Waals surface area contributed by atoms with Crippen LogP contribution >= 0.6 is 0 Å². The van der Waals surface area contributed by atoms with Gasteiger partial charge in [0.05, 0.1) is 11.1 Å². The third-order valence-corrected chi connectivity index (χ3v) is 2.62. The highest BCUT2D eigenvalue weighted by Gasteiger charge is 2.11. The Bertz CT molecular complexity index is 524. The Labute approximate surface area is 110 Å². The van der Waals surface area contributed by atoms with Gasteiger partial charge in [-0.25, -0.2) is 0 Å². The molecule has 19 heavy (non-hydrogen) atoms. The lowest BCUT2D eigenvalue weighted by Gasteiger charge is -2.13. The quantitative estimate of drug-likeness (QED) is 0.616. The van der Waals surface area contributed by atoms with Gasteiger partial charge in [0.25, 0.3) is 11.2 Å². The number of rotatable bonds is 6. The second-order valence-electron chi connectivity index (χ2n) is 4.37. The molecule has 0 fully saturated rings. The summed E-state index contributed by atoms with van der Waals surface area (Å²) in [6, 6.07) is 2.23. The minimum atomic E-state index is -0.604. The van der Waals surface area contributed by atoms with Gasteiger partial charge in [0.1, 0.15) is 6.54 Å². The molecule has 0 aromatic carbocycles. The van der Waals surface area contributed by atoms with Crippen molar-refractivity contribution in [2.24, 2.45) is 0 Å². The Morgan fingerprint density at radius 3 is 2.79 bits per heavy atom. The van der Waals surface area contributed by atoms with Crippen LogP contribution in [0.4, 0.5) is 5.69 Å². The summed E-state index contributed by atoms with van der Waals surface area (Å²) in [5, 5.41) is 13.3. The predicted molar refractivity (Wildman–Crippen MR) is 69.9 cm³/mol. The molecule has 1 aromatic heterocycles. The van der Waals surface area contributed by atoms with Gasteiger partial charge >= 0.3 is 0 Å². The van der Waals surface area contributed by atoms with Gasteiger partial charge in [-0.05, 0) is 13.3 Å². The van der Waals surface area contributed by atoms with Crippen molar-refractivity contribution in [2.45, 2.75) is 39.3 Å². The molecule has 104 valence electrons. The molecule has 0 bridgehead atoms. The zero-order valence-corrected chi connectivity index (χ0v) is 11.0. The minimum absolute atomic E-state index is 0.0203. The van der Waals surface area contributed by atoms with E-state index in [2.05, 4.69) is 5.32 Å². The molecule has 7 heteroatoms. The maximum Gasteiger partial charge on any atom is 0.285 e. The van der Waals surface area contributed by atoms with Gasteiger partial charge in [-0.2, -0.15) is 0 Å². The molecule has 0 spiro atoms. The lowest BCUT2D eigenvalue weighted by Crippen LogP contribution is -2.37. The molecule has 1 rings (SSSR count). The second kappa shape index (κ2) is 6.67. The average Bonchev–Trinajstić information content (AvgIpc) is 2.31. The van der Waals surface area contributed by atoms with Crippen molar-refractivity contribution >= 4 is 11.6 Å². The van der Waals surface area contributed by atoms with E-state index in [9.17, 15) is 19.7 Å². The highest BCUT2D eigenvalue weighted by molar-refractivity contribution is 5.76. The van der Waals surface area contributed by atoms with Crippen LogP contribution in [0.25, 0.3) is 0 Å². The fourth-order valence-corrected chi connectivity index (χ4v) is 1.73. The fraction of sp³-hybridized carbons (Fsp3) is 0.500. The van der Waals surface area contributed by atoms with E-state index < -0.39 is 10.5 Å². The van der Waals surface area contributed by atoms with Gasteiger partial charge in [0.15, 0.2) is 0 Å². The Morgan fingerprint density at radius 1 is 1.53 bits per heavy atom. The van der Waals surface area contributed by atoms with Gasteiger partial charge in [-0.3, -0.25) is 24.3 Å². The number of nitrogens with zero attached hydrogens (tertiary/aromatic N) is 2. The van der Waals surface area contributed by atoms with Crippen LogP contribution < -0.4 is 10.9 Å². The molecule has 0 aliphatic heterocycles. The van der Waals surface area contributed by atoms with E-state index in [1.165, 1.54) is 0 Å². The molecule has 7 nitrogen and oxygen atoms in total. The van der Waals surface area contributed by atoms with Crippen LogP contribution in [-0.4, -0.2) is 21.4 Å². The summed E-state index contributed by atoms with van der Waals surface area (Å²) in [5.41, 5.74) is -0.655. The van der Waals surface area contributed by atoms with Crippen LogP contribution in [-0.2, 0) is 11.3 Å². The summed E-state index contributed by atoms with van der Waals surface area (Å²) in [6.07, 6.45) is 2.86. The number of carbonyl (C=O) groups is 1. The Morgan fingerprint density at radius 2 is 2.21 bits per heavy atom. The van der Waals surface area contributed by atoms with Crippen molar-refractivity contribution < 1.29 is 9.72 Å². The van der Waals surface area contributed by atoms with Crippen LogP contribution in [0.3, 0.4) is 0 Å². The molecule has 0 saturated heterocycles. The maximum absolute atomic E-state index is 11.7. The third kappa shape index (κ3) is 4.53. The van der Waals surface area contributed by atoms with Crippen molar-refractivity contribution in [3.8, 4) is 0 Å². The molecule has 0 radical (unpaired) electrons. The smallest absolute Gasteiger partial charge is 0.285 e. The molecule has 1 aromatic rings. The van der Waals surface area contributed by atoms with Crippen LogP contribution in [0.2, 0.25) is 0 Å². The summed E-state index contributed by atoms with van der Waals surface area (Å²) in [7, 11) is 0. The van der Waals surface area contributed by atoms with Crippen LogP contribution in [0.1, 0.15) is 26.7 Å².